The zero-order valence-corrected chi connectivity index (χ0v) is 31.3. The molecule has 0 fully saturated rings. The van der Waals surface area contributed by atoms with E-state index in [1.54, 1.807) is 0 Å². The number of nitrogens with zero attached hydrogens (tertiary/aromatic N) is 4. The molecule has 0 saturated heterocycles. The van der Waals surface area contributed by atoms with Crippen LogP contribution in [0.5, 0.6) is 0 Å². The Balaban J connectivity index is 0.970. The summed E-state index contributed by atoms with van der Waals surface area (Å²) in [5.41, 5.74) is 18.9. The number of fused-ring (bicyclic) bond motifs is 8. The molecule has 0 bridgehead atoms. The van der Waals surface area contributed by atoms with Crippen LogP contribution in [0.25, 0.3) is 66.9 Å². The molecule has 0 unspecified atom stereocenters. The fourth-order valence-electron chi connectivity index (χ4n) is 8.92. The first-order chi connectivity index (χ1) is 27.5. The quantitative estimate of drug-likeness (QED) is 0.171. The first kappa shape index (κ1) is 32.3. The molecule has 266 valence electrons. The molecule has 10 aromatic rings. The molecule has 1 aliphatic carbocycles. The van der Waals surface area contributed by atoms with Crippen molar-refractivity contribution in [2.75, 3.05) is 4.90 Å². The Kier molecular flexibility index (Phi) is 7.17. The van der Waals surface area contributed by atoms with Crippen LogP contribution in [0.3, 0.4) is 0 Å². The number of hydrogen-bond donors (Lipinski definition) is 0. The van der Waals surface area contributed by atoms with Gasteiger partial charge in [-0.1, -0.05) is 135 Å². The molecule has 0 N–H and O–H groups in total. The highest BCUT2D eigenvalue weighted by Crippen LogP contribution is 2.50. The lowest BCUT2D eigenvalue weighted by atomic mass is 9.82. The second-order valence-electron chi connectivity index (χ2n) is 15.3. The molecule has 56 heavy (non-hydrogen) atoms. The van der Waals surface area contributed by atoms with Crippen molar-refractivity contribution in [1.82, 2.24) is 14.0 Å². The largest absolute Gasteiger partial charge is 0.310 e. The van der Waals surface area contributed by atoms with E-state index in [1.165, 1.54) is 38.9 Å². The van der Waals surface area contributed by atoms with Gasteiger partial charge in [-0.2, -0.15) is 0 Å². The third-order valence-corrected chi connectivity index (χ3v) is 11.7. The molecule has 2 aromatic heterocycles. The van der Waals surface area contributed by atoms with E-state index in [9.17, 15) is 0 Å². The lowest BCUT2D eigenvalue weighted by Gasteiger charge is -2.28. The molecule has 8 aromatic carbocycles. The van der Waals surface area contributed by atoms with E-state index in [1.807, 2.05) is 6.07 Å². The van der Waals surface area contributed by atoms with E-state index in [0.717, 1.165) is 56.2 Å². The van der Waals surface area contributed by atoms with Gasteiger partial charge in [-0.3, -0.25) is 8.97 Å². The number of anilines is 3. The fraction of sp³-hybridized carbons (Fsp3) is 0.0577. The van der Waals surface area contributed by atoms with Crippen LogP contribution >= 0.6 is 0 Å². The zero-order valence-electron chi connectivity index (χ0n) is 31.3. The van der Waals surface area contributed by atoms with E-state index in [-0.39, 0.29) is 5.41 Å². The third-order valence-electron chi connectivity index (χ3n) is 11.7. The Labute approximate surface area is 326 Å². The summed E-state index contributed by atoms with van der Waals surface area (Å²) in [5.74, 6) is 0.917. The molecular formula is C52H38N4. The molecular weight excluding hydrogens is 681 g/mol. The predicted molar refractivity (Wildman–Crippen MR) is 233 cm³/mol. The summed E-state index contributed by atoms with van der Waals surface area (Å²) in [5, 5.41) is 0. The standard InChI is InChI=1S/C52H38N4/c1-52(2)45-15-7-6-14-43(45)44-33-32-42(34-46(44)52)54(39-26-20-36(21-27-39)35-12-4-3-5-13-35)40-28-22-37(23-29-40)38-24-30-41(31-25-38)55-49-18-10-11-19-50(49)56-48-17-9-8-16-47(48)53-51(55)56/h3-34H,1-2H3. The molecule has 0 atom stereocenters. The van der Waals surface area contributed by atoms with Crippen LogP contribution < -0.4 is 4.90 Å². The van der Waals surface area contributed by atoms with Gasteiger partial charge in [0.2, 0.25) is 5.78 Å². The minimum atomic E-state index is -0.0927. The second kappa shape index (κ2) is 12.4. The minimum absolute atomic E-state index is 0.0927. The number of imidazole rings is 2. The van der Waals surface area contributed by atoms with Crippen LogP contribution in [-0.4, -0.2) is 14.0 Å². The van der Waals surface area contributed by atoms with Crippen molar-refractivity contribution in [3.8, 4) is 39.1 Å². The van der Waals surface area contributed by atoms with Crippen LogP contribution in [0.15, 0.2) is 194 Å². The van der Waals surface area contributed by atoms with Gasteiger partial charge in [0.1, 0.15) is 0 Å². The molecule has 4 nitrogen and oxygen atoms in total. The molecule has 2 heterocycles. The number of hydrogen-bond acceptors (Lipinski definition) is 2. The lowest BCUT2D eigenvalue weighted by molar-refractivity contribution is 0.660. The molecule has 1 aliphatic rings. The lowest BCUT2D eigenvalue weighted by Crippen LogP contribution is -2.16. The van der Waals surface area contributed by atoms with Crippen molar-refractivity contribution in [1.29, 1.82) is 0 Å². The summed E-state index contributed by atoms with van der Waals surface area (Å²) < 4.78 is 4.53. The Morgan fingerprint density at radius 3 is 1.64 bits per heavy atom. The predicted octanol–water partition coefficient (Wildman–Crippen LogP) is 13.5. The molecule has 0 saturated carbocycles. The molecule has 0 amide bonds. The maximum Gasteiger partial charge on any atom is 0.220 e. The van der Waals surface area contributed by atoms with Crippen molar-refractivity contribution >= 4 is 44.9 Å². The van der Waals surface area contributed by atoms with Crippen LogP contribution in [0.2, 0.25) is 0 Å². The summed E-state index contributed by atoms with van der Waals surface area (Å²) in [6.07, 6.45) is 0. The van der Waals surface area contributed by atoms with Gasteiger partial charge in [-0.15, -0.1) is 0 Å². The number of para-hydroxylation sites is 4. The van der Waals surface area contributed by atoms with Crippen LogP contribution in [0.1, 0.15) is 25.0 Å². The van der Waals surface area contributed by atoms with Crippen molar-refractivity contribution in [2.24, 2.45) is 0 Å². The first-order valence-corrected chi connectivity index (χ1v) is 19.3. The van der Waals surface area contributed by atoms with Gasteiger partial charge < -0.3 is 4.90 Å². The van der Waals surface area contributed by atoms with Gasteiger partial charge in [0.15, 0.2) is 0 Å². The maximum atomic E-state index is 5.06. The monoisotopic (exact) mass is 718 g/mol. The van der Waals surface area contributed by atoms with Crippen molar-refractivity contribution in [3.05, 3.63) is 205 Å². The number of aromatic nitrogens is 3. The fourth-order valence-corrected chi connectivity index (χ4v) is 8.92. The van der Waals surface area contributed by atoms with Crippen molar-refractivity contribution in [2.45, 2.75) is 19.3 Å². The Hall–Kier alpha value is -7.17. The van der Waals surface area contributed by atoms with Gasteiger partial charge in [-0.05, 0) is 117 Å². The topological polar surface area (TPSA) is 25.5 Å². The number of benzene rings is 8. The normalized spacial score (nSPS) is 13.0. The number of rotatable bonds is 6. The molecule has 4 heteroatoms. The zero-order chi connectivity index (χ0) is 37.4. The van der Waals surface area contributed by atoms with Crippen molar-refractivity contribution < 1.29 is 0 Å². The van der Waals surface area contributed by atoms with Crippen LogP contribution in [0.4, 0.5) is 17.1 Å². The van der Waals surface area contributed by atoms with E-state index in [0.29, 0.717) is 0 Å². The van der Waals surface area contributed by atoms with Crippen LogP contribution in [0, 0.1) is 0 Å². The van der Waals surface area contributed by atoms with Gasteiger partial charge in [0, 0.05) is 28.2 Å². The molecule has 11 rings (SSSR count). The van der Waals surface area contributed by atoms with E-state index < -0.39 is 0 Å². The highest BCUT2D eigenvalue weighted by atomic mass is 15.2. The first-order valence-electron chi connectivity index (χ1n) is 19.3. The highest BCUT2D eigenvalue weighted by molar-refractivity contribution is 5.92. The minimum Gasteiger partial charge on any atom is -0.310 e. The molecule has 0 spiro atoms. The molecule has 0 radical (unpaired) electrons. The van der Waals surface area contributed by atoms with Gasteiger partial charge >= 0.3 is 0 Å². The summed E-state index contributed by atoms with van der Waals surface area (Å²) in [7, 11) is 0. The van der Waals surface area contributed by atoms with E-state index >= 15 is 0 Å². The van der Waals surface area contributed by atoms with Crippen molar-refractivity contribution in [3.63, 3.8) is 0 Å². The second-order valence-corrected chi connectivity index (χ2v) is 15.3. The summed E-state index contributed by atoms with van der Waals surface area (Å²) in [6.45, 7) is 4.69. The van der Waals surface area contributed by atoms with Gasteiger partial charge in [0.05, 0.1) is 22.1 Å². The van der Waals surface area contributed by atoms with Crippen LogP contribution in [-0.2, 0) is 5.41 Å². The molecule has 0 aliphatic heterocycles. The summed E-state index contributed by atoms with van der Waals surface area (Å²) in [4.78, 5) is 7.45. The summed E-state index contributed by atoms with van der Waals surface area (Å²) in [6, 6.07) is 70.1. The van der Waals surface area contributed by atoms with Gasteiger partial charge in [-0.25, -0.2) is 4.98 Å². The average molecular weight is 719 g/mol. The van der Waals surface area contributed by atoms with Gasteiger partial charge in [0.25, 0.3) is 0 Å². The SMILES string of the molecule is CC1(C)c2ccccc2-c2ccc(N(c3ccc(-c4ccccc4)cc3)c3ccc(-c4ccc(-n5c6ccccc6n6c7ccccc7nc56)cc4)cc3)cc21. The third kappa shape index (κ3) is 4.96. The summed E-state index contributed by atoms with van der Waals surface area (Å²) >= 11 is 0. The average Bonchev–Trinajstić information content (AvgIpc) is 3.86. The highest BCUT2D eigenvalue weighted by Gasteiger charge is 2.35. The Morgan fingerprint density at radius 1 is 0.429 bits per heavy atom. The Morgan fingerprint density at radius 2 is 0.946 bits per heavy atom. The maximum absolute atomic E-state index is 5.06. The van der Waals surface area contributed by atoms with E-state index in [4.69, 9.17) is 4.98 Å². The smallest absolute Gasteiger partial charge is 0.220 e. The van der Waals surface area contributed by atoms with E-state index in [2.05, 4.69) is 216 Å². The Bertz CT molecular complexity index is 3080.